The van der Waals surface area contributed by atoms with Crippen molar-refractivity contribution in [2.24, 2.45) is 0 Å². The minimum atomic E-state index is -4.46. The van der Waals surface area contributed by atoms with E-state index in [4.69, 9.17) is 23.2 Å². The zero-order chi connectivity index (χ0) is 23.5. The topological polar surface area (TPSA) is 69.0 Å². The summed E-state index contributed by atoms with van der Waals surface area (Å²) in [5, 5.41) is 8.16. The van der Waals surface area contributed by atoms with Gasteiger partial charge >= 0.3 is 6.18 Å². The molecule has 0 bridgehead atoms. The lowest BCUT2D eigenvalue weighted by Gasteiger charge is -2.10. The summed E-state index contributed by atoms with van der Waals surface area (Å²) in [6, 6.07) is 7.99. The minimum Gasteiger partial charge on any atom is -0.468 e. The summed E-state index contributed by atoms with van der Waals surface area (Å²) in [4.78, 5) is 16.2. The molecule has 0 aliphatic heterocycles. The van der Waals surface area contributed by atoms with Crippen LogP contribution in [0, 0.1) is 13.8 Å². The molecule has 32 heavy (non-hydrogen) atoms. The zero-order valence-corrected chi connectivity index (χ0v) is 18.6. The van der Waals surface area contributed by atoms with Crippen molar-refractivity contribution >= 4 is 29.1 Å². The Morgan fingerprint density at radius 1 is 1.19 bits per heavy atom. The van der Waals surface area contributed by atoms with Crippen LogP contribution in [0.4, 0.5) is 13.2 Å². The van der Waals surface area contributed by atoms with Crippen molar-refractivity contribution in [1.29, 1.82) is 0 Å². The Balaban J connectivity index is 1.65. The average Bonchev–Trinajstić information content (AvgIpc) is 2.99. The first-order chi connectivity index (χ1) is 15.0. The number of benzene rings is 1. The molecule has 0 spiro atoms. The molecule has 0 aliphatic rings. The number of nitrogens with zero attached hydrogens (tertiary/aromatic N) is 3. The highest BCUT2D eigenvalue weighted by Crippen LogP contribution is 2.27. The number of hydrogen-bond donors (Lipinski definition) is 1. The molecule has 0 saturated heterocycles. The number of aryl methyl sites for hydroxylation is 1. The molecule has 0 fully saturated rings. The molecule has 2 aromatic heterocycles. The van der Waals surface area contributed by atoms with Gasteiger partial charge in [-0.3, -0.25) is 4.79 Å². The highest BCUT2D eigenvalue weighted by molar-refractivity contribution is 6.35. The van der Waals surface area contributed by atoms with Crippen molar-refractivity contribution in [1.82, 2.24) is 20.1 Å². The molecule has 1 N–H and O–H groups in total. The molecular formula is C21H19Cl2F3N4O2. The number of aromatic nitrogens is 3. The third-order valence-corrected chi connectivity index (χ3v) is 5.13. The largest absolute Gasteiger partial charge is 0.468 e. The van der Waals surface area contributed by atoms with E-state index in [9.17, 15) is 18.0 Å². The number of hydrogen-bond acceptors (Lipinski definition) is 4. The standard InChI is InChI=1S/C21H19Cl2F3N4O2/c1-12-16(13(2)30(29-12)18-4-3-15(22)8-17(18)23)9-19(31)28-10-14-5-6-27-20(7-14)32-11-21(24,25)26/h3-8H,9-11H2,1-2H3,(H,28,31). The summed E-state index contributed by atoms with van der Waals surface area (Å²) in [5.41, 5.74) is 3.38. The van der Waals surface area contributed by atoms with Crippen molar-refractivity contribution in [3.63, 3.8) is 0 Å². The number of amides is 1. The van der Waals surface area contributed by atoms with Crippen molar-refractivity contribution in [3.05, 3.63) is 69.1 Å². The number of carbonyl (C=O) groups excluding carboxylic acids is 1. The lowest BCUT2D eigenvalue weighted by molar-refractivity contribution is -0.154. The van der Waals surface area contributed by atoms with E-state index in [1.54, 1.807) is 35.9 Å². The molecule has 6 nitrogen and oxygen atoms in total. The van der Waals surface area contributed by atoms with Gasteiger partial charge in [0.2, 0.25) is 11.8 Å². The predicted molar refractivity (Wildman–Crippen MR) is 114 cm³/mol. The summed E-state index contributed by atoms with van der Waals surface area (Å²) in [6.07, 6.45) is -3.06. The molecule has 0 aliphatic carbocycles. The number of nitrogens with one attached hydrogen (secondary N) is 1. The minimum absolute atomic E-state index is 0.0748. The van der Waals surface area contributed by atoms with Crippen LogP contribution in [-0.2, 0) is 17.8 Å². The Labute approximate surface area is 192 Å². The van der Waals surface area contributed by atoms with Crippen molar-refractivity contribution in [2.45, 2.75) is 33.0 Å². The fourth-order valence-corrected chi connectivity index (χ4v) is 3.53. The van der Waals surface area contributed by atoms with E-state index in [0.717, 1.165) is 11.3 Å². The van der Waals surface area contributed by atoms with E-state index in [2.05, 4.69) is 20.1 Å². The second kappa shape index (κ2) is 9.79. The van der Waals surface area contributed by atoms with Gasteiger partial charge in [0.05, 0.1) is 22.8 Å². The van der Waals surface area contributed by atoms with Gasteiger partial charge in [-0.05, 0) is 43.7 Å². The van der Waals surface area contributed by atoms with Gasteiger partial charge in [0.1, 0.15) is 0 Å². The Morgan fingerprint density at radius 2 is 1.94 bits per heavy atom. The maximum Gasteiger partial charge on any atom is 0.422 e. The lowest BCUT2D eigenvalue weighted by atomic mass is 10.1. The third-order valence-electron chi connectivity index (χ3n) is 4.59. The Hall–Kier alpha value is -2.78. The fourth-order valence-electron chi connectivity index (χ4n) is 3.04. The molecule has 3 aromatic rings. The first-order valence-electron chi connectivity index (χ1n) is 9.45. The first kappa shape index (κ1) is 23.9. The molecule has 0 radical (unpaired) electrons. The van der Waals surface area contributed by atoms with E-state index < -0.39 is 12.8 Å². The van der Waals surface area contributed by atoms with Crippen molar-refractivity contribution < 1.29 is 22.7 Å². The fraction of sp³-hybridized carbons (Fsp3) is 0.286. The SMILES string of the molecule is Cc1nn(-c2ccc(Cl)cc2Cl)c(C)c1CC(=O)NCc1ccnc(OCC(F)(F)F)c1. The zero-order valence-electron chi connectivity index (χ0n) is 17.1. The van der Waals surface area contributed by atoms with Gasteiger partial charge in [-0.2, -0.15) is 18.3 Å². The number of pyridine rings is 1. The smallest absolute Gasteiger partial charge is 0.422 e. The summed E-state index contributed by atoms with van der Waals surface area (Å²) in [6.45, 7) is 2.30. The van der Waals surface area contributed by atoms with Gasteiger partial charge < -0.3 is 10.1 Å². The van der Waals surface area contributed by atoms with Crippen LogP contribution in [0.2, 0.25) is 10.0 Å². The van der Waals surface area contributed by atoms with Crippen molar-refractivity contribution in [2.75, 3.05) is 6.61 Å². The molecule has 0 unspecified atom stereocenters. The van der Waals surface area contributed by atoms with Crippen LogP contribution < -0.4 is 10.1 Å². The van der Waals surface area contributed by atoms with Gasteiger partial charge in [0.25, 0.3) is 0 Å². The molecule has 170 valence electrons. The van der Waals surface area contributed by atoms with Gasteiger partial charge in [-0.1, -0.05) is 23.2 Å². The van der Waals surface area contributed by atoms with E-state index in [1.807, 2.05) is 6.92 Å². The molecular weight excluding hydrogens is 468 g/mol. The van der Waals surface area contributed by atoms with Crippen LogP contribution in [-0.4, -0.2) is 33.5 Å². The maximum atomic E-state index is 12.5. The molecule has 1 amide bonds. The highest BCUT2D eigenvalue weighted by Gasteiger charge is 2.28. The van der Waals surface area contributed by atoms with Crippen LogP contribution in [0.5, 0.6) is 5.88 Å². The summed E-state index contributed by atoms with van der Waals surface area (Å²) >= 11 is 12.2. The Bertz CT molecular complexity index is 1130. The lowest BCUT2D eigenvalue weighted by Crippen LogP contribution is -2.25. The average molecular weight is 487 g/mol. The summed E-state index contributed by atoms with van der Waals surface area (Å²) in [5.74, 6) is -0.436. The van der Waals surface area contributed by atoms with Gasteiger partial charge in [-0.15, -0.1) is 0 Å². The van der Waals surface area contributed by atoms with Crippen LogP contribution in [0.1, 0.15) is 22.5 Å². The van der Waals surface area contributed by atoms with E-state index >= 15 is 0 Å². The maximum absolute atomic E-state index is 12.5. The quantitative estimate of drug-likeness (QED) is 0.510. The Morgan fingerprint density at radius 3 is 2.62 bits per heavy atom. The van der Waals surface area contributed by atoms with Crippen LogP contribution in [0.15, 0.2) is 36.5 Å². The summed E-state index contributed by atoms with van der Waals surface area (Å²) < 4.78 is 43.1. The number of ether oxygens (including phenoxy) is 1. The molecule has 1 aromatic carbocycles. The monoisotopic (exact) mass is 486 g/mol. The number of rotatable bonds is 7. The molecule has 3 rings (SSSR count). The van der Waals surface area contributed by atoms with Crippen LogP contribution in [0.3, 0.4) is 0 Å². The predicted octanol–water partition coefficient (Wildman–Crippen LogP) is 4.99. The molecule has 11 heteroatoms. The molecule has 2 heterocycles. The van der Waals surface area contributed by atoms with Gasteiger partial charge in [-0.25, -0.2) is 9.67 Å². The Kier molecular flexibility index (Phi) is 7.30. The number of halogens is 5. The second-order valence-electron chi connectivity index (χ2n) is 7.02. The third kappa shape index (κ3) is 6.14. The normalized spacial score (nSPS) is 11.5. The van der Waals surface area contributed by atoms with E-state index in [1.165, 1.54) is 12.3 Å². The second-order valence-corrected chi connectivity index (χ2v) is 7.86. The van der Waals surface area contributed by atoms with E-state index in [-0.39, 0.29) is 24.8 Å². The van der Waals surface area contributed by atoms with E-state index in [0.29, 0.717) is 27.0 Å². The molecule has 0 saturated carbocycles. The van der Waals surface area contributed by atoms with Gasteiger partial charge in [0.15, 0.2) is 6.61 Å². The number of carbonyl (C=O) groups is 1. The molecule has 0 atom stereocenters. The van der Waals surface area contributed by atoms with Crippen LogP contribution in [0.25, 0.3) is 5.69 Å². The number of alkyl halides is 3. The summed E-state index contributed by atoms with van der Waals surface area (Å²) in [7, 11) is 0. The van der Waals surface area contributed by atoms with Crippen molar-refractivity contribution in [3.8, 4) is 11.6 Å². The van der Waals surface area contributed by atoms with Gasteiger partial charge in [0, 0.05) is 35.1 Å². The first-order valence-corrected chi connectivity index (χ1v) is 10.2. The highest BCUT2D eigenvalue weighted by atomic mass is 35.5. The van der Waals surface area contributed by atoms with Crippen LogP contribution >= 0.6 is 23.2 Å².